The van der Waals surface area contributed by atoms with Crippen molar-refractivity contribution in [1.82, 2.24) is 4.90 Å². The summed E-state index contributed by atoms with van der Waals surface area (Å²) >= 11 is 0. The second kappa shape index (κ2) is 5.82. The van der Waals surface area contributed by atoms with E-state index in [1.54, 1.807) is 4.90 Å². The number of hydrogen-bond donors (Lipinski definition) is 1. The van der Waals surface area contributed by atoms with Crippen LogP contribution < -0.4 is 0 Å². The predicted octanol–water partition coefficient (Wildman–Crippen LogP) is 2.15. The minimum atomic E-state index is -0.832. The maximum atomic E-state index is 12.8. The number of halogens is 1. The number of carbonyl (C=O) groups excluding carboxylic acids is 1. The van der Waals surface area contributed by atoms with Gasteiger partial charge in [-0.3, -0.25) is 9.59 Å². The third-order valence-electron chi connectivity index (χ3n) is 3.36. The van der Waals surface area contributed by atoms with E-state index in [2.05, 4.69) is 0 Å². The molecule has 1 amide bonds. The van der Waals surface area contributed by atoms with E-state index in [1.165, 1.54) is 24.3 Å². The number of rotatable bonds is 3. The van der Waals surface area contributed by atoms with Crippen LogP contribution in [-0.4, -0.2) is 35.0 Å². The van der Waals surface area contributed by atoms with Crippen LogP contribution in [0.25, 0.3) is 0 Å². The van der Waals surface area contributed by atoms with Crippen LogP contribution in [0.4, 0.5) is 4.39 Å². The van der Waals surface area contributed by atoms with Crippen LogP contribution in [0.1, 0.15) is 29.6 Å². The first kappa shape index (κ1) is 13.5. The van der Waals surface area contributed by atoms with Crippen LogP contribution in [0, 0.1) is 11.7 Å². The van der Waals surface area contributed by atoms with E-state index in [0.29, 0.717) is 18.7 Å². The van der Waals surface area contributed by atoms with Crippen LogP contribution in [0.15, 0.2) is 24.3 Å². The second-order valence-electron chi connectivity index (χ2n) is 4.86. The van der Waals surface area contributed by atoms with Gasteiger partial charge in [0.2, 0.25) is 0 Å². The molecular formula is C14H16FNO3. The van der Waals surface area contributed by atoms with Gasteiger partial charge in [-0.1, -0.05) is 0 Å². The number of amides is 1. The molecule has 102 valence electrons. The SMILES string of the molecule is O=C(O)CC1CCCN(C(=O)c2ccc(F)cc2)C1. The Balaban J connectivity index is 2.02. The van der Waals surface area contributed by atoms with Gasteiger partial charge in [0, 0.05) is 25.1 Å². The molecule has 1 aromatic rings. The molecule has 0 bridgehead atoms. The Hall–Kier alpha value is -1.91. The van der Waals surface area contributed by atoms with Gasteiger partial charge in [0.1, 0.15) is 5.82 Å². The van der Waals surface area contributed by atoms with Crippen molar-refractivity contribution < 1.29 is 19.1 Å². The van der Waals surface area contributed by atoms with Crippen LogP contribution in [0.2, 0.25) is 0 Å². The number of piperidine rings is 1. The van der Waals surface area contributed by atoms with Crippen molar-refractivity contribution in [2.75, 3.05) is 13.1 Å². The molecule has 2 rings (SSSR count). The van der Waals surface area contributed by atoms with E-state index in [-0.39, 0.29) is 24.1 Å². The fourth-order valence-corrected chi connectivity index (χ4v) is 2.44. The number of aliphatic carboxylic acids is 1. The van der Waals surface area contributed by atoms with Crippen LogP contribution >= 0.6 is 0 Å². The minimum absolute atomic E-state index is 0.00986. The Labute approximate surface area is 110 Å². The Morgan fingerprint density at radius 1 is 1.32 bits per heavy atom. The van der Waals surface area contributed by atoms with Gasteiger partial charge < -0.3 is 10.0 Å². The topological polar surface area (TPSA) is 57.6 Å². The third-order valence-corrected chi connectivity index (χ3v) is 3.36. The lowest BCUT2D eigenvalue weighted by molar-refractivity contribution is -0.138. The summed E-state index contributed by atoms with van der Waals surface area (Å²) in [5.74, 6) is -1.36. The summed E-state index contributed by atoms with van der Waals surface area (Å²) in [7, 11) is 0. The van der Waals surface area contributed by atoms with Crippen molar-refractivity contribution in [1.29, 1.82) is 0 Å². The summed E-state index contributed by atoms with van der Waals surface area (Å²) in [5.41, 5.74) is 0.442. The molecule has 5 heteroatoms. The van der Waals surface area contributed by atoms with Crippen molar-refractivity contribution in [2.45, 2.75) is 19.3 Å². The largest absolute Gasteiger partial charge is 0.481 e. The summed E-state index contributed by atoms with van der Waals surface area (Å²) in [5, 5.41) is 8.79. The molecule has 0 aliphatic carbocycles. The molecule has 1 heterocycles. The maximum absolute atomic E-state index is 12.8. The minimum Gasteiger partial charge on any atom is -0.481 e. The van der Waals surface area contributed by atoms with Gasteiger partial charge in [0.15, 0.2) is 0 Å². The first-order valence-corrected chi connectivity index (χ1v) is 6.33. The quantitative estimate of drug-likeness (QED) is 0.911. The molecule has 0 radical (unpaired) electrons. The average Bonchev–Trinajstić information content (AvgIpc) is 2.38. The number of nitrogens with zero attached hydrogens (tertiary/aromatic N) is 1. The van der Waals surface area contributed by atoms with Gasteiger partial charge >= 0.3 is 5.97 Å². The predicted molar refractivity (Wildman–Crippen MR) is 67.3 cm³/mol. The Bertz CT molecular complexity index is 472. The average molecular weight is 265 g/mol. The molecule has 0 saturated carbocycles. The molecule has 0 spiro atoms. The first-order chi connectivity index (χ1) is 9.06. The highest BCUT2D eigenvalue weighted by atomic mass is 19.1. The fourth-order valence-electron chi connectivity index (χ4n) is 2.44. The highest BCUT2D eigenvalue weighted by Crippen LogP contribution is 2.21. The van der Waals surface area contributed by atoms with Gasteiger partial charge in [-0.15, -0.1) is 0 Å². The normalized spacial score (nSPS) is 19.2. The molecule has 1 aliphatic heterocycles. The molecule has 1 atom stereocenters. The summed E-state index contributed by atoms with van der Waals surface area (Å²) in [6.45, 7) is 1.09. The molecular weight excluding hydrogens is 249 g/mol. The van der Waals surface area contributed by atoms with Gasteiger partial charge in [-0.25, -0.2) is 4.39 Å². The van der Waals surface area contributed by atoms with Crippen LogP contribution in [0.3, 0.4) is 0 Å². The molecule has 1 N–H and O–H groups in total. The molecule has 1 fully saturated rings. The Morgan fingerprint density at radius 3 is 2.63 bits per heavy atom. The molecule has 1 saturated heterocycles. The second-order valence-corrected chi connectivity index (χ2v) is 4.86. The zero-order valence-electron chi connectivity index (χ0n) is 10.5. The van der Waals surface area contributed by atoms with Crippen molar-refractivity contribution in [3.63, 3.8) is 0 Å². The van der Waals surface area contributed by atoms with E-state index in [1.807, 2.05) is 0 Å². The van der Waals surface area contributed by atoms with Crippen LogP contribution in [0.5, 0.6) is 0 Å². The first-order valence-electron chi connectivity index (χ1n) is 6.33. The number of likely N-dealkylation sites (tertiary alicyclic amines) is 1. The van der Waals surface area contributed by atoms with Crippen molar-refractivity contribution in [3.05, 3.63) is 35.6 Å². The summed E-state index contributed by atoms with van der Waals surface area (Å²) < 4.78 is 12.8. The lowest BCUT2D eigenvalue weighted by Gasteiger charge is -2.32. The van der Waals surface area contributed by atoms with E-state index < -0.39 is 5.97 Å². The number of carboxylic acids is 1. The van der Waals surface area contributed by atoms with Crippen molar-refractivity contribution in [2.24, 2.45) is 5.92 Å². The number of carboxylic acid groups (broad SMARTS) is 1. The number of hydrogen-bond acceptors (Lipinski definition) is 2. The fraction of sp³-hybridized carbons (Fsp3) is 0.429. The zero-order valence-corrected chi connectivity index (χ0v) is 10.5. The van der Waals surface area contributed by atoms with E-state index in [0.717, 1.165) is 12.8 Å². The zero-order chi connectivity index (χ0) is 13.8. The molecule has 4 nitrogen and oxygen atoms in total. The lowest BCUT2D eigenvalue weighted by atomic mass is 9.94. The monoisotopic (exact) mass is 265 g/mol. The third kappa shape index (κ3) is 3.53. The van der Waals surface area contributed by atoms with E-state index >= 15 is 0 Å². The molecule has 1 aromatic carbocycles. The van der Waals surface area contributed by atoms with E-state index in [9.17, 15) is 14.0 Å². The lowest BCUT2D eigenvalue weighted by Crippen LogP contribution is -2.40. The Kier molecular flexibility index (Phi) is 4.14. The standard InChI is InChI=1S/C14H16FNO3/c15-12-5-3-11(4-6-12)14(19)16-7-1-2-10(9-16)8-13(17)18/h3-6,10H,1-2,7-9H2,(H,17,18). The maximum Gasteiger partial charge on any atom is 0.303 e. The molecule has 19 heavy (non-hydrogen) atoms. The highest BCUT2D eigenvalue weighted by Gasteiger charge is 2.25. The summed E-state index contributed by atoms with van der Waals surface area (Å²) in [6, 6.07) is 5.43. The smallest absolute Gasteiger partial charge is 0.303 e. The van der Waals surface area contributed by atoms with Gasteiger partial charge in [-0.2, -0.15) is 0 Å². The van der Waals surface area contributed by atoms with Crippen molar-refractivity contribution in [3.8, 4) is 0 Å². The van der Waals surface area contributed by atoms with Gasteiger partial charge in [-0.05, 0) is 43.0 Å². The number of carbonyl (C=O) groups is 2. The molecule has 0 aromatic heterocycles. The summed E-state index contributed by atoms with van der Waals surface area (Å²) in [4.78, 5) is 24.6. The number of benzene rings is 1. The molecule has 1 unspecified atom stereocenters. The van der Waals surface area contributed by atoms with Gasteiger partial charge in [0.05, 0.1) is 0 Å². The molecule has 1 aliphatic rings. The van der Waals surface area contributed by atoms with Gasteiger partial charge in [0.25, 0.3) is 5.91 Å². The van der Waals surface area contributed by atoms with E-state index in [4.69, 9.17) is 5.11 Å². The van der Waals surface area contributed by atoms with Crippen LogP contribution in [-0.2, 0) is 4.79 Å². The highest BCUT2D eigenvalue weighted by molar-refractivity contribution is 5.94. The Morgan fingerprint density at radius 2 is 2.00 bits per heavy atom. The van der Waals surface area contributed by atoms with Crippen molar-refractivity contribution >= 4 is 11.9 Å². The summed E-state index contributed by atoms with van der Waals surface area (Å²) in [6.07, 6.45) is 1.73.